The van der Waals surface area contributed by atoms with Gasteiger partial charge in [-0.05, 0) is 36.6 Å². The van der Waals surface area contributed by atoms with Gasteiger partial charge in [-0.15, -0.1) is 0 Å². The van der Waals surface area contributed by atoms with Crippen molar-refractivity contribution >= 4 is 5.69 Å². The van der Waals surface area contributed by atoms with E-state index in [2.05, 4.69) is 11.1 Å². The van der Waals surface area contributed by atoms with Crippen LogP contribution in [-0.2, 0) is 18.0 Å². The summed E-state index contributed by atoms with van der Waals surface area (Å²) < 4.78 is 20.1. The monoisotopic (exact) mass is 328 g/mol. The lowest BCUT2D eigenvalue weighted by molar-refractivity contribution is 0.0221. The largest absolute Gasteiger partial charge is 0.392 e. The van der Waals surface area contributed by atoms with Crippen LogP contribution in [0.15, 0.2) is 36.5 Å². The molecule has 2 aliphatic rings. The van der Waals surface area contributed by atoms with Crippen LogP contribution in [-0.4, -0.2) is 29.3 Å². The van der Waals surface area contributed by atoms with Gasteiger partial charge in [-0.2, -0.15) is 0 Å². The van der Waals surface area contributed by atoms with E-state index in [1.54, 1.807) is 18.2 Å². The highest BCUT2D eigenvalue weighted by molar-refractivity contribution is 5.52. The van der Waals surface area contributed by atoms with Crippen molar-refractivity contribution in [3.05, 3.63) is 59.2 Å². The topological polar surface area (TPSA) is 45.6 Å². The number of aliphatic hydroxyl groups excluding tert-OH is 1. The first kappa shape index (κ1) is 15.5. The number of hydrogen-bond donors (Lipinski definition) is 1. The number of anilines is 1. The molecule has 126 valence electrons. The molecule has 1 aromatic heterocycles. The summed E-state index contributed by atoms with van der Waals surface area (Å²) in [6, 6.07) is 9.25. The molecule has 5 heteroatoms. The molecule has 0 bridgehead atoms. The zero-order valence-electron chi connectivity index (χ0n) is 13.5. The third-order valence-corrected chi connectivity index (χ3v) is 4.74. The summed E-state index contributed by atoms with van der Waals surface area (Å²) in [5.74, 6) is 0.313. The lowest BCUT2D eigenvalue weighted by Gasteiger charge is -2.41. The molecule has 0 spiro atoms. The van der Waals surface area contributed by atoms with Gasteiger partial charge < -0.3 is 14.7 Å². The number of benzene rings is 1. The quantitative estimate of drug-likeness (QED) is 0.885. The fraction of sp³-hybridized carbons (Fsp3) is 0.421. The van der Waals surface area contributed by atoms with Gasteiger partial charge in [0.1, 0.15) is 0 Å². The van der Waals surface area contributed by atoms with Crippen LogP contribution < -0.4 is 4.90 Å². The molecule has 24 heavy (non-hydrogen) atoms. The molecule has 1 aromatic carbocycles. The van der Waals surface area contributed by atoms with Crippen molar-refractivity contribution in [1.29, 1.82) is 0 Å². The van der Waals surface area contributed by atoms with Crippen LogP contribution >= 0.6 is 0 Å². The molecule has 4 nitrogen and oxygen atoms in total. The standard InChI is InChI=1S/C19H21FN2O2/c20-19-15(11-23)2-1-3-18(19)22-9-16(10-22)24-12-13-6-7-21-17(8-13)14-4-5-14/h1-3,6-8,14,16,23H,4-5,9-12H2. The summed E-state index contributed by atoms with van der Waals surface area (Å²) in [6.45, 7) is 1.64. The van der Waals surface area contributed by atoms with E-state index >= 15 is 0 Å². The molecule has 0 amide bonds. The Kier molecular flexibility index (Phi) is 4.21. The minimum Gasteiger partial charge on any atom is -0.392 e. The molecule has 0 unspecified atom stereocenters. The molecular formula is C19H21FN2O2. The normalized spacial score (nSPS) is 17.8. The van der Waals surface area contributed by atoms with Crippen molar-refractivity contribution in [2.24, 2.45) is 0 Å². The minimum atomic E-state index is -0.332. The van der Waals surface area contributed by atoms with Gasteiger partial charge >= 0.3 is 0 Å². The molecule has 2 heterocycles. The number of hydrogen-bond acceptors (Lipinski definition) is 4. The lowest BCUT2D eigenvalue weighted by Crippen LogP contribution is -2.52. The Balaban J connectivity index is 1.31. The Bertz CT molecular complexity index is 727. The Labute approximate surface area is 140 Å². The number of rotatable bonds is 6. The molecule has 0 radical (unpaired) electrons. The van der Waals surface area contributed by atoms with E-state index in [0.29, 0.717) is 36.9 Å². The van der Waals surface area contributed by atoms with Crippen LogP contribution in [0.2, 0.25) is 0 Å². The van der Waals surface area contributed by atoms with Crippen molar-refractivity contribution < 1.29 is 14.2 Å². The number of pyridine rings is 1. The van der Waals surface area contributed by atoms with Gasteiger partial charge in [-0.1, -0.05) is 12.1 Å². The molecular weight excluding hydrogens is 307 g/mol. The van der Waals surface area contributed by atoms with Crippen LogP contribution in [0, 0.1) is 5.82 Å². The van der Waals surface area contributed by atoms with Gasteiger partial charge in [0.15, 0.2) is 5.82 Å². The van der Waals surface area contributed by atoms with Gasteiger partial charge in [0, 0.05) is 36.5 Å². The van der Waals surface area contributed by atoms with Crippen LogP contribution in [0.1, 0.15) is 35.6 Å². The van der Waals surface area contributed by atoms with Gasteiger partial charge in [0.25, 0.3) is 0 Å². The Hall–Kier alpha value is -1.98. The Morgan fingerprint density at radius 3 is 2.83 bits per heavy atom. The summed E-state index contributed by atoms with van der Waals surface area (Å²) >= 11 is 0. The van der Waals surface area contributed by atoms with Crippen molar-refractivity contribution in [3.63, 3.8) is 0 Å². The number of ether oxygens (including phenoxy) is 1. The van der Waals surface area contributed by atoms with E-state index in [-0.39, 0.29) is 18.5 Å². The average Bonchev–Trinajstić information content (AvgIpc) is 3.40. The highest BCUT2D eigenvalue weighted by atomic mass is 19.1. The molecule has 1 aliphatic heterocycles. The smallest absolute Gasteiger partial charge is 0.151 e. The summed E-state index contributed by atoms with van der Waals surface area (Å²) in [4.78, 5) is 6.36. The van der Waals surface area contributed by atoms with E-state index in [1.165, 1.54) is 18.5 Å². The van der Waals surface area contributed by atoms with Gasteiger partial charge in [-0.3, -0.25) is 4.98 Å². The van der Waals surface area contributed by atoms with Crippen LogP contribution in [0.3, 0.4) is 0 Å². The van der Waals surface area contributed by atoms with E-state index in [1.807, 2.05) is 17.2 Å². The lowest BCUT2D eigenvalue weighted by atomic mass is 10.1. The van der Waals surface area contributed by atoms with Crippen molar-refractivity contribution in [2.45, 2.75) is 38.1 Å². The third-order valence-electron chi connectivity index (χ3n) is 4.74. The number of aliphatic hydroxyl groups is 1. The fourth-order valence-electron chi connectivity index (χ4n) is 3.07. The fourth-order valence-corrected chi connectivity index (χ4v) is 3.07. The van der Waals surface area contributed by atoms with Gasteiger partial charge in [0.2, 0.25) is 0 Å². The third kappa shape index (κ3) is 3.14. The maximum Gasteiger partial charge on any atom is 0.151 e. The van der Waals surface area contributed by atoms with E-state index in [0.717, 1.165) is 5.56 Å². The maximum absolute atomic E-state index is 14.2. The summed E-state index contributed by atoms with van der Waals surface area (Å²) in [7, 11) is 0. The number of halogens is 1. The van der Waals surface area contributed by atoms with Crippen molar-refractivity contribution in [3.8, 4) is 0 Å². The van der Waals surface area contributed by atoms with E-state index in [9.17, 15) is 4.39 Å². The zero-order chi connectivity index (χ0) is 16.5. The average molecular weight is 328 g/mol. The Morgan fingerprint density at radius 2 is 2.08 bits per heavy atom. The first-order valence-corrected chi connectivity index (χ1v) is 8.44. The molecule has 0 atom stereocenters. The van der Waals surface area contributed by atoms with Crippen molar-refractivity contribution in [1.82, 2.24) is 4.98 Å². The molecule has 2 fully saturated rings. The summed E-state index contributed by atoms with van der Waals surface area (Å²) in [6.07, 6.45) is 4.45. The SMILES string of the molecule is OCc1cccc(N2CC(OCc3ccnc(C4CC4)c3)C2)c1F. The predicted octanol–water partition coefficient (Wildman–Crippen LogP) is 3.00. The molecule has 1 saturated carbocycles. The molecule has 1 saturated heterocycles. The second kappa shape index (κ2) is 6.49. The summed E-state index contributed by atoms with van der Waals surface area (Å²) in [5.41, 5.74) is 3.20. The van der Waals surface area contributed by atoms with Gasteiger partial charge in [0.05, 0.1) is 25.0 Å². The first-order valence-electron chi connectivity index (χ1n) is 8.44. The van der Waals surface area contributed by atoms with Crippen molar-refractivity contribution in [2.75, 3.05) is 18.0 Å². The highest BCUT2D eigenvalue weighted by Crippen LogP contribution is 2.39. The van der Waals surface area contributed by atoms with E-state index in [4.69, 9.17) is 9.84 Å². The second-order valence-electron chi connectivity index (χ2n) is 6.61. The molecule has 1 aliphatic carbocycles. The second-order valence-corrected chi connectivity index (χ2v) is 6.61. The molecule has 1 N–H and O–H groups in total. The van der Waals surface area contributed by atoms with Crippen LogP contribution in [0.5, 0.6) is 0 Å². The Morgan fingerprint density at radius 1 is 1.25 bits per heavy atom. The minimum absolute atomic E-state index is 0.111. The van der Waals surface area contributed by atoms with Crippen LogP contribution in [0.25, 0.3) is 0 Å². The van der Waals surface area contributed by atoms with E-state index < -0.39 is 0 Å². The van der Waals surface area contributed by atoms with Gasteiger partial charge in [-0.25, -0.2) is 4.39 Å². The number of aromatic nitrogens is 1. The zero-order valence-corrected chi connectivity index (χ0v) is 13.5. The number of nitrogens with zero attached hydrogens (tertiary/aromatic N) is 2. The maximum atomic E-state index is 14.2. The first-order chi connectivity index (χ1) is 11.7. The highest BCUT2D eigenvalue weighted by Gasteiger charge is 2.30. The molecule has 2 aromatic rings. The summed E-state index contributed by atoms with van der Waals surface area (Å²) in [5, 5.41) is 9.16. The molecule has 4 rings (SSSR count). The predicted molar refractivity (Wildman–Crippen MR) is 89.3 cm³/mol. The van der Waals surface area contributed by atoms with Crippen LogP contribution in [0.4, 0.5) is 10.1 Å².